The van der Waals surface area contributed by atoms with Gasteiger partial charge in [0.2, 0.25) is 5.91 Å². The number of hydrogen-bond donors (Lipinski definition) is 3. The standard InChI is InChI=1S/C31H44FNO5/c1-4-5-6-7-8-9-10-11-18-37-29-17-14-26(19-28(29)32)25-12-15-27(16-13-25)38-23-31(21-34,22-35)20-33-30(36)24(2)3/h12-17,19,34-35H,2,4-11,18,20-23H2,1,3H3,(H,33,36). The minimum absolute atomic E-state index is 0.00462. The van der Waals surface area contributed by atoms with Crippen molar-refractivity contribution in [3.8, 4) is 22.6 Å². The van der Waals surface area contributed by atoms with Gasteiger partial charge >= 0.3 is 0 Å². The Morgan fingerprint density at radius 1 is 0.921 bits per heavy atom. The zero-order valence-electron chi connectivity index (χ0n) is 22.9. The van der Waals surface area contributed by atoms with Gasteiger partial charge in [-0.15, -0.1) is 0 Å². The van der Waals surface area contributed by atoms with Crippen LogP contribution in [0.5, 0.6) is 11.5 Å². The fourth-order valence-corrected chi connectivity index (χ4v) is 3.92. The summed E-state index contributed by atoms with van der Waals surface area (Å²) >= 11 is 0. The van der Waals surface area contributed by atoms with Gasteiger partial charge in [-0.25, -0.2) is 4.39 Å². The van der Waals surface area contributed by atoms with Crippen LogP contribution in [0.3, 0.4) is 0 Å². The first-order valence-electron chi connectivity index (χ1n) is 13.6. The Bertz CT molecular complexity index is 988. The Labute approximate surface area is 226 Å². The number of nitrogens with one attached hydrogen (secondary N) is 1. The molecule has 2 aromatic rings. The number of benzene rings is 2. The topological polar surface area (TPSA) is 88.0 Å². The predicted octanol–water partition coefficient (Wildman–Crippen LogP) is 6.05. The van der Waals surface area contributed by atoms with Crippen molar-refractivity contribution in [3.63, 3.8) is 0 Å². The summed E-state index contributed by atoms with van der Waals surface area (Å²) in [6, 6.07) is 12.1. The molecule has 3 N–H and O–H groups in total. The summed E-state index contributed by atoms with van der Waals surface area (Å²) in [5, 5.41) is 22.3. The molecule has 0 saturated carbocycles. The van der Waals surface area contributed by atoms with Crippen LogP contribution in [0, 0.1) is 11.2 Å². The van der Waals surface area contributed by atoms with E-state index in [9.17, 15) is 19.4 Å². The third kappa shape index (κ3) is 10.5. The second-order valence-corrected chi connectivity index (χ2v) is 10.1. The highest BCUT2D eigenvalue weighted by molar-refractivity contribution is 5.92. The molecular weight excluding hydrogens is 485 g/mol. The first kappa shape index (κ1) is 31.3. The molecule has 0 aliphatic carbocycles. The van der Waals surface area contributed by atoms with Crippen molar-refractivity contribution in [2.45, 2.75) is 65.2 Å². The molecule has 0 aromatic heterocycles. The Morgan fingerprint density at radius 2 is 1.53 bits per heavy atom. The van der Waals surface area contributed by atoms with Gasteiger partial charge in [0.25, 0.3) is 0 Å². The maximum Gasteiger partial charge on any atom is 0.246 e. The lowest BCUT2D eigenvalue weighted by atomic mass is 9.91. The van der Waals surface area contributed by atoms with E-state index < -0.39 is 11.2 Å². The molecule has 0 radical (unpaired) electrons. The highest BCUT2D eigenvalue weighted by atomic mass is 19.1. The molecule has 210 valence electrons. The molecular formula is C31H44FNO5. The van der Waals surface area contributed by atoms with E-state index in [2.05, 4.69) is 18.8 Å². The second kappa shape index (κ2) is 16.8. The molecule has 2 aromatic carbocycles. The van der Waals surface area contributed by atoms with Crippen LogP contribution in [0.1, 0.15) is 65.2 Å². The highest BCUT2D eigenvalue weighted by Crippen LogP contribution is 2.28. The maximum atomic E-state index is 14.6. The summed E-state index contributed by atoms with van der Waals surface area (Å²) in [6.45, 7) is 7.18. The summed E-state index contributed by atoms with van der Waals surface area (Å²) in [6.07, 6.45) is 9.64. The van der Waals surface area contributed by atoms with Crippen molar-refractivity contribution in [3.05, 3.63) is 60.4 Å². The quantitative estimate of drug-likeness (QED) is 0.152. The number of amides is 1. The van der Waals surface area contributed by atoms with Gasteiger partial charge < -0.3 is 25.0 Å². The summed E-state index contributed by atoms with van der Waals surface area (Å²) < 4.78 is 26.1. The number of aliphatic hydroxyl groups excluding tert-OH is 2. The lowest BCUT2D eigenvalue weighted by Gasteiger charge is -2.29. The zero-order chi connectivity index (χ0) is 27.8. The number of ether oxygens (including phenoxy) is 2. The van der Waals surface area contributed by atoms with Crippen LogP contribution in [0.4, 0.5) is 4.39 Å². The second-order valence-electron chi connectivity index (χ2n) is 10.1. The van der Waals surface area contributed by atoms with Gasteiger partial charge in [0.1, 0.15) is 5.75 Å². The van der Waals surface area contributed by atoms with E-state index in [0.29, 0.717) is 17.9 Å². The first-order valence-corrected chi connectivity index (χ1v) is 13.6. The first-order chi connectivity index (χ1) is 18.3. The molecule has 2 rings (SSSR count). The van der Waals surface area contributed by atoms with Crippen LogP contribution >= 0.6 is 0 Å². The van der Waals surface area contributed by atoms with Crippen molar-refractivity contribution in [1.29, 1.82) is 0 Å². The maximum absolute atomic E-state index is 14.6. The van der Waals surface area contributed by atoms with Crippen LogP contribution < -0.4 is 14.8 Å². The van der Waals surface area contributed by atoms with Gasteiger partial charge in [0.05, 0.1) is 31.8 Å². The van der Waals surface area contributed by atoms with E-state index in [1.165, 1.54) is 44.6 Å². The predicted molar refractivity (Wildman–Crippen MR) is 150 cm³/mol. The molecule has 0 saturated heterocycles. The monoisotopic (exact) mass is 529 g/mol. The SMILES string of the molecule is C=C(C)C(=O)NCC(CO)(CO)COc1ccc(-c2ccc(OCCCCCCCCCC)c(F)c2)cc1. The number of hydrogen-bond acceptors (Lipinski definition) is 5. The van der Waals surface area contributed by atoms with Crippen LogP contribution in [0.2, 0.25) is 0 Å². The average Bonchev–Trinajstić information content (AvgIpc) is 2.93. The molecule has 0 heterocycles. The molecule has 6 nitrogen and oxygen atoms in total. The number of unbranched alkanes of at least 4 members (excludes halogenated alkanes) is 7. The Hall–Kier alpha value is -2.90. The Balaban J connectivity index is 1.84. The molecule has 38 heavy (non-hydrogen) atoms. The van der Waals surface area contributed by atoms with E-state index in [-0.39, 0.29) is 38.0 Å². The summed E-state index contributed by atoms with van der Waals surface area (Å²) in [5.74, 6) is 0.0455. The van der Waals surface area contributed by atoms with Crippen LogP contribution in [0.15, 0.2) is 54.6 Å². The molecule has 0 spiro atoms. The van der Waals surface area contributed by atoms with Gasteiger partial charge in [0, 0.05) is 12.1 Å². The van der Waals surface area contributed by atoms with Gasteiger partial charge in [-0.1, -0.05) is 76.6 Å². The van der Waals surface area contributed by atoms with Gasteiger partial charge in [-0.05, 0) is 48.7 Å². The third-order valence-electron chi connectivity index (χ3n) is 6.60. The van der Waals surface area contributed by atoms with Crippen molar-refractivity contribution >= 4 is 5.91 Å². The number of aliphatic hydroxyl groups is 2. The fraction of sp³-hybridized carbons (Fsp3) is 0.516. The van der Waals surface area contributed by atoms with Crippen molar-refractivity contribution in [1.82, 2.24) is 5.32 Å². The van der Waals surface area contributed by atoms with Crippen molar-refractivity contribution < 1.29 is 28.9 Å². The van der Waals surface area contributed by atoms with Crippen LogP contribution in [0.25, 0.3) is 11.1 Å². The van der Waals surface area contributed by atoms with Gasteiger partial charge in [-0.3, -0.25) is 4.79 Å². The Kier molecular flexibility index (Phi) is 13.9. The largest absolute Gasteiger partial charge is 0.493 e. The van der Waals surface area contributed by atoms with E-state index in [1.807, 2.05) is 18.2 Å². The average molecular weight is 530 g/mol. The summed E-state index contributed by atoms with van der Waals surface area (Å²) in [7, 11) is 0. The van der Waals surface area contributed by atoms with Crippen molar-refractivity contribution in [2.24, 2.45) is 5.41 Å². The van der Waals surface area contributed by atoms with E-state index in [4.69, 9.17) is 9.47 Å². The van der Waals surface area contributed by atoms with Gasteiger partial charge in [0.15, 0.2) is 11.6 Å². The molecule has 1 amide bonds. The molecule has 0 atom stereocenters. The van der Waals surface area contributed by atoms with E-state index in [1.54, 1.807) is 25.1 Å². The number of carbonyl (C=O) groups excluding carboxylic acids is 1. The smallest absolute Gasteiger partial charge is 0.246 e. The lowest BCUT2D eigenvalue weighted by Crippen LogP contribution is -2.46. The molecule has 7 heteroatoms. The molecule has 0 aliphatic rings. The third-order valence-corrected chi connectivity index (χ3v) is 6.60. The number of halogens is 1. The van der Waals surface area contributed by atoms with Crippen LogP contribution in [-0.4, -0.2) is 49.1 Å². The highest BCUT2D eigenvalue weighted by Gasteiger charge is 2.31. The number of carbonyl (C=O) groups is 1. The fourth-order valence-electron chi connectivity index (χ4n) is 3.92. The van der Waals surface area contributed by atoms with Crippen LogP contribution in [-0.2, 0) is 4.79 Å². The molecule has 0 unspecified atom stereocenters. The Morgan fingerprint density at radius 3 is 2.11 bits per heavy atom. The molecule has 0 aliphatic heterocycles. The van der Waals surface area contributed by atoms with E-state index in [0.717, 1.165) is 24.0 Å². The van der Waals surface area contributed by atoms with E-state index >= 15 is 0 Å². The minimum Gasteiger partial charge on any atom is -0.493 e. The summed E-state index contributed by atoms with van der Waals surface area (Å²) in [5.41, 5.74) is 0.828. The lowest BCUT2D eigenvalue weighted by molar-refractivity contribution is -0.118. The normalized spacial score (nSPS) is 11.3. The van der Waals surface area contributed by atoms with Gasteiger partial charge in [-0.2, -0.15) is 0 Å². The summed E-state index contributed by atoms with van der Waals surface area (Å²) in [4.78, 5) is 11.8. The van der Waals surface area contributed by atoms with Crippen molar-refractivity contribution in [2.75, 3.05) is 33.0 Å². The molecule has 0 bridgehead atoms. The number of rotatable bonds is 19. The zero-order valence-corrected chi connectivity index (χ0v) is 22.9. The molecule has 0 fully saturated rings. The minimum atomic E-state index is -1.04.